The highest BCUT2D eigenvalue weighted by Gasteiger charge is 2.26. The van der Waals surface area contributed by atoms with Crippen LogP contribution in [0.3, 0.4) is 0 Å². The lowest BCUT2D eigenvalue weighted by Crippen LogP contribution is -2.37. The van der Waals surface area contributed by atoms with E-state index >= 15 is 0 Å². The molecule has 0 unspecified atom stereocenters. The van der Waals surface area contributed by atoms with Crippen LogP contribution >= 0.6 is 0 Å². The Kier molecular flexibility index (Phi) is 4.72. The second kappa shape index (κ2) is 6.51. The first-order valence-corrected chi connectivity index (χ1v) is 7.01. The summed E-state index contributed by atoms with van der Waals surface area (Å²) in [6.07, 6.45) is 2.63. The second-order valence-corrected chi connectivity index (χ2v) is 4.99. The number of aliphatic carboxylic acids is 1. The maximum absolute atomic E-state index is 11.7. The number of nitrogens with zero attached hydrogens (tertiary/aromatic N) is 3. The minimum Gasteiger partial charge on any atom is -0.481 e. The molecule has 0 radical (unpaired) electrons. The highest BCUT2D eigenvalue weighted by atomic mass is 16.5. The predicted octanol–water partition coefficient (Wildman–Crippen LogP) is 1.26. The molecular formula is C14H19N3O4. The molecule has 21 heavy (non-hydrogen) atoms. The molecule has 114 valence electrons. The number of hydrogen-bond acceptors (Lipinski definition) is 6. The zero-order valence-electron chi connectivity index (χ0n) is 12.2. The Labute approximate surface area is 123 Å². The van der Waals surface area contributed by atoms with Crippen molar-refractivity contribution in [3.63, 3.8) is 0 Å². The molecule has 1 aliphatic heterocycles. The highest BCUT2D eigenvalue weighted by Crippen LogP contribution is 2.21. The molecule has 0 saturated carbocycles. The van der Waals surface area contributed by atoms with Gasteiger partial charge in [-0.2, -0.15) is 0 Å². The Morgan fingerprint density at radius 3 is 2.62 bits per heavy atom. The van der Waals surface area contributed by atoms with E-state index in [1.165, 1.54) is 6.20 Å². The minimum absolute atomic E-state index is 0.291. The van der Waals surface area contributed by atoms with Gasteiger partial charge in [0.1, 0.15) is 0 Å². The lowest BCUT2D eigenvalue weighted by molar-refractivity contribution is -0.142. The fraction of sp³-hybridized carbons (Fsp3) is 0.571. The van der Waals surface area contributed by atoms with Crippen molar-refractivity contribution in [2.45, 2.75) is 26.7 Å². The maximum Gasteiger partial charge on any atom is 0.341 e. The SMILES string of the molecule is CCOC(=O)c1cnc(N2CCC(C(=O)O)CC2)nc1C. The molecule has 2 rings (SSSR count). The number of carbonyl (C=O) groups excluding carboxylic acids is 1. The normalized spacial score (nSPS) is 15.8. The van der Waals surface area contributed by atoms with Crippen LogP contribution in [0.15, 0.2) is 6.20 Å². The Morgan fingerprint density at radius 2 is 2.10 bits per heavy atom. The smallest absolute Gasteiger partial charge is 0.341 e. The molecule has 1 N–H and O–H groups in total. The Morgan fingerprint density at radius 1 is 1.43 bits per heavy atom. The molecule has 0 aromatic carbocycles. The van der Waals surface area contributed by atoms with E-state index in [0.29, 0.717) is 49.7 Å². The molecule has 1 aromatic heterocycles. The van der Waals surface area contributed by atoms with Gasteiger partial charge in [0.2, 0.25) is 5.95 Å². The van der Waals surface area contributed by atoms with Gasteiger partial charge in [0, 0.05) is 19.3 Å². The van der Waals surface area contributed by atoms with Crippen molar-refractivity contribution in [1.82, 2.24) is 9.97 Å². The van der Waals surface area contributed by atoms with Gasteiger partial charge in [0.25, 0.3) is 0 Å². The fourth-order valence-corrected chi connectivity index (χ4v) is 2.34. The van der Waals surface area contributed by atoms with Gasteiger partial charge in [-0.25, -0.2) is 14.8 Å². The van der Waals surface area contributed by atoms with Crippen LogP contribution < -0.4 is 4.90 Å². The quantitative estimate of drug-likeness (QED) is 0.835. The monoisotopic (exact) mass is 293 g/mol. The van der Waals surface area contributed by atoms with Crippen LogP contribution in [-0.2, 0) is 9.53 Å². The van der Waals surface area contributed by atoms with Gasteiger partial charge in [-0.15, -0.1) is 0 Å². The highest BCUT2D eigenvalue weighted by molar-refractivity contribution is 5.90. The molecule has 1 fully saturated rings. The predicted molar refractivity (Wildman–Crippen MR) is 75.3 cm³/mol. The Balaban J connectivity index is 2.07. The summed E-state index contributed by atoms with van der Waals surface area (Å²) in [5.41, 5.74) is 0.930. The van der Waals surface area contributed by atoms with E-state index in [1.54, 1.807) is 13.8 Å². The van der Waals surface area contributed by atoms with E-state index in [-0.39, 0.29) is 5.92 Å². The third-order valence-corrected chi connectivity index (χ3v) is 3.59. The van der Waals surface area contributed by atoms with Gasteiger partial charge in [-0.3, -0.25) is 4.79 Å². The van der Waals surface area contributed by atoms with Crippen molar-refractivity contribution in [1.29, 1.82) is 0 Å². The van der Waals surface area contributed by atoms with Crippen LogP contribution in [0.2, 0.25) is 0 Å². The first-order chi connectivity index (χ1) is 10.0. The summed E-state index contributed by atoms with van der Waals surface area (Å²) in [6, 6.07) is 0. The molecule has 7 nitrogen and oxygen atoms in total. The van der Waals surface area contributed by atoms with Crippen molar-refractivity contribution in [3.8, 4) is 0 Å². The zero-order chi connectivity index (χ0) is 15.4. The summed E-state index contributed by atoms with van der Waals surface area (Å²) in [6.45, 7) is 5.00. The standard InChI is InChI=1S/C14H19N3O4/c1-3-21-13(20)11-8-15-14(16-9(11)2)17-6-4-10(5-7-17)12(18)19/h8,10H,3-7H2,1-2H3,(H,18,19). The van der Waals surface area contributed by atoms with Gasteiger partial charge >= 0.3 is 11.9 Å². The van der Waals surface area contributed by atoms with E-state index in [9.17, 15) is 9.59 Å². The van der Waals surface area contributed by atoms with Crippen LogP contribution in [0, 0.1) is 12.8 Å². The summed E-state index contributed by atoms with van der Waals surface area (Å²) in [4.78, 5) is 33.1. The zero-order valence-corrected chi connectivity index (χ0v) is 12.2. The number of aromatic nitrogens is 2. The van der Waals surface area contributed by atoms with Crippen LogP contribution in [0.1, 0.15) is 35.8 Å². The molecule has 0 aliphatic carbocycles. The van der Waals surface area contributed by atoms with E-state index in [4.69, 9.17) is 9.84 Å². The van der Waals surface area contributed by atoms with Gasteiger partial charge in [-0.05, 0) is 26.7 Å². The number of rotatable bonds is 4. The third kappa shape index (κ3) is 3.48. The van der Waals surface area contributed by atoms with Crippen molar-refractivity contribution >= 4 is 17.9 Å². The Bertz CT molecular complexity index is 539. The molecule has 0 bridgehead atoms. The first-order valence-electron chi connectivity index (χ1n) is 7.01. The molecule has 2 heterocycles. The average molecular weight is 293 g/mol. The largest absolute Gasteiger partial charge is 0.481 e. The number of esters is 1. The van der Waals surface area contributed by atoms with Crippen molar-refractivity contribution in [2.24, 2.45) is 5.92 Å². The summed E-state index contributed by atoms with van der Waals surface area (Å²) >= 11 is 0. The number of carboxylic acid groups (broad SMARTS) is 1. The maximum atomic E-state index is 11.7. The molecule has 7 heteroatoms. The number of ether oxygens (including phenoxy) is 1. The molecule has 1 aromatic rings. The topological polar surface area (TPSA) is 92.6 Å². The lowest BCUT2D eigenvalue weighted by atomic mass is 9.97. The van der Waals surface area contributed by atoms with Gasteiger partial charge in [-0.1, -0.05) is 0 Å². The van der Waals surface area contributed by atoms with E-state index in [2.05, 4.69) is 9.97 Å². The number of carboxylic acids is 1. The van der Waals surface area contributed by atoms with Gasteiger partial charge in [0.05, 0.1) is 23.8 Å². The van der Waals surface area contributed by atoms with E-state index in [0.717, 1.165) is 0 Å². The molecular weight excluding hydrogens is 274 g/mol. The lowest BCUT2D eigenvalue weighted by Gasteiger charge is -2.30. The van der Waals surface area contributed by atoms with E-state index < -0.39 is 11.9 Å². The molecule has 0 spiro atoms. The fourth-order valence-electron chi connectivity index (χ4n) is 2.34. The van der Waals surface area contributed by atoms with Crippen molar-refractivity contribution in [2.75, 3.05) is 24.6 Å². The number of aryl methyl sites for hydroxylation is 1. The molecule has 1 aliphatic rings. The van der Waals surface area contributed by atoms with Crippen LogP contribution in [-0.4, -0.2) is 46.7 Å². The molecule has 0 amide bonds. The number of anilines is 1. The Hall–Kier alpha value is -2.18. The van der Waals surface area contributed by atoms with Crippen LogP contribution in [0.4, 0.5) is 5.95 Å². The average Bonchev–Trinajstić information content (AvgIpc) is 2.47. The third-order valence-electron chi connectivity index (χ3n) is 3.59. The van der Waals surface area contributed by atoms with Gasteiger partial charge < -0.3 is 14.7 Å². The second-order valence-electron chi connectivity index (χ2n) is 4.99. The van der Waals surface area contributed by atoms with Crippen molar-refractivity contribution in [3.05, 3.63) is 17.5 Å². The van der Waals surface area contributed by atoms with E-state index in [1.807, 2.05) is 4.90 Å². The van der Waals surface area contributed by atoms with Gasteiger partial charge in [0.15, 0.2) is 0 Å². The summed E-state index contributed by atoms with van der Waals surface area (Å²) in [5.74, 6) is -0.930. The molecule has 0 atom stereocenters. The first kappa shape index (κ1) is 15.2. The number of piperidine rings is 1. The minimum atomic E-state index is -0.746. The van der Waals surface area contributed by atoms with Crippen molar-refractivity contribution < 1.29 is 19.4 Å². The number of carbonyl (C=O) groups is 2. The van der Waals surface area contributed by atoms with Crippen LogP contribution in [0.5, 0.6) is 0 Å². The number of hydrogen-bond donors (Lipinski definition) is 1. The van der Waals surface area contributed by atoms with Crippen LogP contribution in [0.25, 0.3) is 0 Å². The summed E-state index contributed by atoms with van der Waals surface area (Å²) in [5, 5.41) is 8.99. The summed E-state index contributed by atoms with van der Waals surface area (Å²) < 4.78 is 4.94. The summed E-state index contributed by atoms with van der Waals surface area (Å²) in [7, 11) is 0. The molecule has 1 saturated heterocycles.